The fourth-order valence-corrected chi connectivity index (χ4v) is 3.49. The Labute approximate surface area is 158 Å². The second-order valence-electron chi connectivity index (χ2n) is 7.82. The average molecular weight is 375 g/mol. The lowest BCUT2D eigenvalue weighted by atomic mass is 9.65. The molecule has 0 saturated carbocycles. The summed E-state index contributed by atoms with van der Waals surface area (Å²) in [5.41, 5.74) is -1.21. The Balaban J connectivity index is 2.15. The standard InChI is InChI=1S/C20H25NO6/c1-19(2)9-7-14(22)20(3,11-19)10-8-15(23)21-16-13(27-4)6-5-12(17(16)24)18(25)26/h5-7,9,24H,8,10-11H2,1-4H3,(H,21,23)(H,25,26). The second-order valence-corrected chi connectivity index (χ2v) is 7.82. The van der Waals surface area contributed by atoms with Crippen LogP contribution in [0, 0.1) is 10.8 Å². The lowest BCUT2D eigenvalue weighted by molar-refractivity contribution is -0.126. The lowest BCUT2D eigenvalue weighted by Gasteiger charge is -2.37. The van der Waals surface area contributed by atoms with Crippen LogP contribution in [0.4, 0.5) is 5.69 Å². The Bertz CT molecular complexity index is 811. The normalized spacial score (nSPS) is 21.0. The summed E-state index contributed by atoms with van der Waals surface area (Å²) in [7, 11) is 1.35. The van der Waals surface area contributed by atoms with Gasteiger partial charge in [0.2, 0.25) is 5.91 Å². The summed E-state index contributed by atoms with van der Waals surface area (Å²) in [5.74, 6) is -2.19. The van der Waals surface area contributed by atoms with Gasteiger partial charge in [0.1, 0.15) is 17.0 Å². The molecule has 0 fully saturated rings. The van der Waals surface area contributed by atoms with E-state index in [0.29, 0.717) is 12.8 Å². The summed E-state index contributed by atoms with van der Waals surface area (Å²) in [6, 6.07) is 2.56. The van der Waals surface area contributed by atoms with E-state index in [2.05, 4.69) is 5.32 Å². The summed E-state index contributed by atoms with van der Waals surface area (Å²) in [5, 5.41) is 21.8. The van der Waals surface area contributed by atoms with Gasteiger partial charge in [-0.15, -0.1) is 0 Å². The van der Waals surface area contributed by atoms with Crippen LogP contribution in [0.3, 0.4) is 0 Å². The number of carbonyl (C=O) groups is 3. The summed E-state index contributed by atoms with van der Waals surface area (Å²) in [6.07, 6.45) is 4.48. The number of aromatic hydroxyl groups is 1. The highest BCUT2D eigenvalue weighted by Crippen LogP contribution is 2.43. The van der Waals surface area contributed by atoms with E-state index in [9.17, 15) is 19.5 Å². The van der Waals surface area contributed by atoms with E-state index in [-0.39, 0.29) is 34.6 Å². The van der Waals surface area contributed by atoms with Crippen LogP contribution in [0.5, 0.6) is 11.5 Å². The minimum absolute atomic E-state index is 0.0112. The number of methoxy groups -OCH3 is 1. The average Bonchev–Trinajstić information content (AvgIpc) is 2.58. The molecule has 0 saturated heterocycles. The molecule has 0 aliphatic heterocycles. The van der Waals surface area contributed by atoms with E-state index >= 15 is 0 Å². The Morgan fingerprint density at radius 3 is 2.52 bits per heavy atom. The van der Waals surface area contributed by atoms with Crippen molar-refractivity contribution in [3.05, 3.63) is 29.8 Å². The van der Waals surface area contributed by atoms with Gasteiger partial charge in [0.15, 0.2) is 11.5 Å². The molecular weight excluding hydrogens is 350 g/mol. The largest absolute Gasteiger partial charge is 0.505 e. The maximum absolute atomic E-state index is 12.4. The Morgan fingerprint density at radius 1 is 1.26 bits per heavy atom. The molecule has 0 bridgehead atoms. The van der Waals surface area contributed by atoms with Crippen LogP contribution in [-0.2, 0) is 9.59 Å². The van der Waals surface area contributed by atoms with Gasteiger partial charge in [-0.2, -0.15) is 0 Å². The molecule has 0 radical (unpaired) electrons. The van der Waals surface area contributed by atoms with E-state index in [1.54, 1.807) is 6.08 Å². The van der Waals surface area contributed by atoms with Crippen LogP contribution in [0.1, 0.15) is 50.4 Å². The summed E-state index contributed by atoms with van der Waals surface area (Å²) < 4.78 is 5.09. The first-order chi connectivity index (χ1) is 12.5. The van der Waals surface area contributed by atoms with Gasteiger partial charge in [0.05, 0.1) is 7.11 Å². The van der Waals surface area contributed by atoms with Crippen LogP contribution in [0.25, 0.3) is 0 Å². The van der Waals surface area contributed by atoms with Gasteiger partial charge in [-0.3, -0.25) is 9.59 Å². The highest BCUT2D eigenvalue weighted by molar-refractivity contribution is 6.00. The molecule has 1 aliphatic rings. The van der Waals surface area contributed by atoms with Crippen molar-refractivity contribution in [3.8, 4) is 11.5 Å². The number of phenols is 1. The number of allylic oxidation sites excluding steroid dienone is 2. The number of aromatic carboxylic acids is 1. The van der Waals surface area contributed by atoms with Crippen LogP contribution in [0.15, 0.2) is 24.3 Å². The molecular formula is C20H25NO6. The predicted molar refractivity (Wildman–Crippen MR) is 100 cm³/mol. The summed E-state index contributed by atoms with van der Waals surface area (Å²) in [4.78, 5) is 35.9. The molecule has 1 amide bonds. The van der Waals surface area contributed by atoms with Gasteiger partial charge in [-0.25, -0.2) is 4.79 Å². The summed E-state index contributed by atoms with van der Waals surface area (Å²) >= 11 is 0. The smallest absolute Gasteiger partial charge is 0.339 e. The number of rotatable bonds is 6. The van der Waals surface area contributed by atoms with E-state index in [0.717, 1.165) is 0 Å². The third kappa shape index (κ3) is 4.48. The number of ketones is 1. The fourth-order valence-electron chi connectivity index (χ4n) is 3.49. The predicted octanol–water partition coefficient (Wildman–Crippen LogP) is 3.38. The number of carboxylic acids is 1. The number of ether oxygens (including phenoxy) is 1. The minimum atomic E-state index is -1.32. The topological polar surface area (TPSA) is 113 Å². The van der Waals surface area contributed by atoms with Crippen molar-refractivity contribution in [2.45, 2.75) is 40.0 Å². The first-order valence-corrected chi connectivity index (χ1v) is 8.66. The lowest BCUT2D eigenvalue weighted by Crippen LogP contribution is -2.36. The van der Waals surface area contributed by atoms with Crippen LogP contribution in [-0.4, -0.2) is 35.0 Å². The fraction of sp³-hybridized carbons (Fsp3) is 0.450. The number of carboxylic acid groups (broad SMARTS) is 1. The molecule has 7 nitrogen and oxygen atoms in total. The van der Waals surface area contributed by atoms with Crippen molar-refractivity contribution >= 4 is 23.3 Å². The molecule has 7 heteroatoms. The van der Waals surface area contributed by atoms with E-state index in [4.69, 9.17) is 9.84 Å². The molecule has 0 aromatic heterocycles. The molecule has 27 heavy (non-hydrogen) atoms. The third-order valence-electron chi connectivity index (χ3n) is 4.88. The van der Waals surface area contributed by atoms with E-state index in [1.807, 2.05) is 26.8 Å². The molecule has 1 atom stereocenters. The molecule has 1 aromatic rings. The zero-order valence-corrected chi connectivity index (χ0v) is 16.0. The van der Waals surface area contributed by atoms with Crippen molar-refractivity contribution in [2.75, 3.05) is 12.4 Å². The van der Waals surface area contributed by atoms with Gasteiger partial charge < -0.3 is 20.3 Å². The van der Waals surface area contributed by atoms with Crippen LogP contribution < -0.4 is 10.1 Å². The summed E-state index contributed by atoms with van der Waals surface area (Å²) in [6.45, 7) is 5.92. The van der Waals surface area contributed by atoms with Crippen molar-refractivity contribution in [1.29, 1.82) is 0 Å². The molecule has 0 spiro atoms. The number of carbonyl (C=O) groups excluding carboxylic acids is 2. The van der Waals surface area contributed by atoms with Crippen molar-refractivity contribution in [1.82, 2.24) is 0 Å². The van der Waals surface area contributed by atoms with Gasteiger partial charge in [-0.1, -0.05) is 26.8 Å². The molecule has 1 aromatic carbocycles. The Hall–Kier alpha value is -2.83. The number of anilines is 1. The third-order valence-corrected chi connectivity index (χ3v) is 4.88. The highest BCUT2D eigenvalue weighted by Gasteiger charge is 2.39. The van der Waals surface area contributed by atoms with E-state index < -0.39 is 23.0 Å². The van der Waals surface area contributed by atoms with Gasteiger partial charge in [0.25, 0.3) is 0 Å². The number of hydrogen-bond donors (Lipinski definition) is 3. The number of hydrogen-bond acceptors (Lipinski definition) is 5. The number of amides is 1. The monoisotopic (exact) mass is 375 g/mol. The Morgan fingerprint density at radius 2 is 1.93 bits per heavy atom. The zero-order chi connectivity index (χ0) is 20.4. The first-order valence-electron chi connectivity index (χ1n) is 8.66. The SMILES string of the molecule is COc1ccc(C(=O)O)c(O)c1NC(=O)CCC1(C)CC(C)(C)C=CC1=O. The first kappa shape index (κ1) is 20.5. The molecule has 1 unspecified atom stereocenters. The number of benzene rings is 1. The Kier molecular flexibility index (Phi) is 5.63. The molecule has 0 heterocycles. The maximum Gasteiger partial charge on any atom is 0.339 e. The van der Waals surface area contributed by atoms with Gasteiger partial charge >= 0.3 is 5.97 Å². The highest BCUT2D eigenvalue weighted by atomic mass is 16.5. The van der Waals surface area contributed by atoms with Gasteiger partial charge in [0, 0.05) is 11.8 Å². The molecule has 1 aliphatic carbocycles. The van der Waals surface area contributed by atoms with Crippen molar-refractivity contribution in [2.24, 2.45) is 10.8 Å². The van der Waals surface area contributed by atoms with Crippen molar-refractivity contribution < 1.29 is 29.3 Å². The van der Waals surface area contributed by atoms with Crippen molar-refractivity contribution in [3.63, 3.8) is 0 Å². The maximum atomic E-state index is 12.4. The number of nitrogens with one attached hydrogen (secondary N) is 1. The van der Waals surface area contributed by atoms with Crippen LogP contribution in [0.2, 0.25) is 0 Å². The molecule has 2 rings (SSSR count). The quantitative estimate of drug-likeness (QED) is 0.657. The zero-order valence-electron chi connectivity index (χ0n) is 16.0. The molecule has 3 N–H and O–H groups in total. The van der Waals surface area contributed by atoms with E-state index in [1.165, 1.54) is 19.2 Å². The second kappa shape index (κ2) is 7.42. The van der Waals surface area contributed by atoms with Crippen LogP contribution >= 0.6 is 0 Å². The minimum Gasteiger partial charge on any atom is -0.505 e. The van der Waals surface area contributed by atoms with Gasteiger partial charge in [-0.05, 0) is 36.5 Å². The molecule has 146 valence electrons.